The highest BCUT2D eigenvalue weighted by atomic mass is 32.2. The first-order valence-corrected chi connectivity index (χ1v) is 6.39. The predicted molar refractivity (Wildman–Crippen MR) is 67.5 cm³/mol. The van der Waals surface area contributed by atoms with Crippen molar-refractivity contribution >= 4 is 11.8 Å². The van der Waals surface area contributed by atoms with Crippen LogP contribution in [0.25, 0.3) is 0 Å². The Balaban J connectivity index is 2.38. The fraction of sp³-hybridized carbons (Fsp3) is 0.143. The number of benzene rings is 2. The lowest BCUT2D eigenvalue weighted by atomic mass is 10.1. The summed E-state index contributed by atoms with van der Waals surface area (Å²) in [6, 6.07) is 7.14. The third-order valence-electron chi connectivity index (χ3n) is 2.54. The Labute approximate surface area is 113 Å². The monoisotopic (exact) mass is 284 g/mol. The van der Waals surface area contributed by atoms with Gasteiger partial charge in [0.2, 0.25) is 0 Å². The number of halogens is 3. The van der Waals surface area contributed by atoms with E-state index in [1.165, 1.54) is 31.2 Å². The first-order valence-electron chi connectivity index (χ1n) is 5.58. The van der Waals surface area contributed by atoms with Gasteiger partial charge in [-0.3, -0.25) is 0 Å². The maximum atomic E-state index is 13.6. The Morgan fingerprint density at radius 2 is 1.53 bits per heavy atom. The topological polar surface area (TPSA) is 20.2 Å². The summed E-state index contributed by atoms with van der Waals surface area (Å²) in [7, 11) is 0. The molecule has 0 heterocycles. The van der Waals surface area contributed by atoms with Crippen molar-refractivity contribution in [1.29, 1.82) is 0 Å². The molecule has 5 heteroatoms. The van der Waals surface area contributed by atoms with Crippen molar-refractivity contribution < 1.29 is 18.3 Å². The minimum atomic E-state index is -0.873. The molecule has 0 radical (unpaired) electrons. The van der Waals surface area contributed by atoms with Crippen LogP contribution < -0.4 is 0 Å². The zero-order valence-electron chi connectivity index (χ0n) is 10.0. The Kier molecular flexibility index (Phi) is 4.17. The van der Waals surface area contributed by atoms with Crippen molar-refractivity contribution in [1.82, 2.24) is 0 Å². The maximum Gasteiger partial charge on any atom is 0.140 e. The molecule has 2 rings (SSSR count). The van der Waals surface area contributed by atoms with Crippen molar-refractivity contribution in [3.05, 3.63) is 59.4 Å². The average Bonchev–Trinajstić information content (AvgIpc) is 2.34. The molecular weight excluding hydrogens is 273 g/mol. The van der Waals surface area contributed by atoms with Crippen LogP contribution in [0.15, 0.2) is 46.2 Å². The van der Waals surface area contributed by atoms with Gasteiger partial charge in [-0.15, -0.1) is 0 Å². The summed E-state index contributed by atoms with van der Waals surface area (Å²) in [4.78, 5) is 0.747. The molecule has 0 unspecified atom stereocenters. The van der Waals surface area contributed by atoms with Crippen molar-refractivity contribution in [2.24, 2.45) is 0 Å². The van der Waals surface area contributed by atoms with E-state index in [0.717, 1.165) is 23.9 Å². The first-order chi connectivity index (χ1) is 8.97. The van der Waals surface area contributed by atoms with E-state index in [0.29, 0.717) is 10.5 Å². The highest BCUT2D eigenvalue weighted by molar-refractivity contribution is 7.99. The minimum absolute atomic E-state index is 0.218. The number of aliphatic hydroxyl groups excluding tert-OH is 1. The van der Waals surface area contributed by atoms with Crippen molar-refractivity contribution in [3.8, 4) is 0 Å². The number of rotatable bonds is 3. The second kappa shape index (κ2) is 5.67. The zero-order chi connectivity index (χ0) is 14.0. The van der Waals surface area contributed by atoms with Crippen molar-refractivity contribution in [2.75, 3.05) is 0 Å². The lowest BCUT2D eigenvalue weighted by Gasteiger charge is -2.12. The van der Waals surface area contributed by atoms with Gasteiger partial charge in [0, 0.05) is 15.9 Å². The van der Waals surface area contributed by atoms with Gasteiger partial charge in [0.1, 0.15) is 17.5 Å². The molecule has 1 atom stereocenters. The molecule has 1 N–H and O–H groups in total. The second-order valence-corrected chi connectivity index (χ2v) is 5.12. The summed E-state index contributed by atoms with van der Waals surface area (Å²) in [5, 5.41) is 9.59. The van der Waals surface area contributed by atoms with Crippen LogP contribution in [-0.2, 0) is 0 Å². The van der Waals surface area contributed by atoms with Gasteiger partial charge in [-0.25, -0.2) is 13.2 Å². The molecule has 0 amide bonds. The third kappa shape index (κ3) is 3.30. The molecule has 0 aromatic heterocycles. The average molecular weight is 284 g/mol. The van der Waals surface area contributed by atoms with E-state index in [9.17, 15) is 18.3 Å². The molecule has 100 valence electrons. The quantitative estimate of drug-likeness (QED) is 0.906. The summed E-state index contributed by atoms with van der Waals surface area (Å²) >= 11 is 1.02. The van der Waals surface area contributed by atoms with Gasteiger partial charge < -0.3 is 5.11 Å². The van der Waals surface area contributed by atoms with Crippen molar-refractivity contribution in [2.45, 2.75) is 22.8 Å². The van der Waals surface area contributed by atoms with Crippen LogP contribution in [0.4, 0.5) is 13.2 Å². The van der Waals surface area contributed by atoms with Crippen LogP contribution in [-0.4, -0.2) is 5.11 Å². The SMILES string of the molecule is C[C@@H](O)c1cc(F)ccc1Sc1ccc(F)cc1F. The molecule has 2 aromatic carbocycles. The van der Waals surface area contributed by atoms with Crippen LogP contribution in [0.5, 0.6) is 0 Å². The van der Waals surface area contributed by atoms with E-state index < -0.39 is 23.6 Å². The molecule has 0 saturated heterocycles. The van der Waals surface area contributed by atoms with Crippen LogP contribution in [0.1, 0.15) is 18.6 Å². The number of hydrogen-bond donors (Lipinski definition) is 1. The lowest BCUT2D eigenvalue weighted by Crippen LogP contribution is -1.95. The first kappa shape index (κ1) is 14.0. The highest BCUT2D eigenvalue weighted by Crippen LogP contribution is 2.35. The summed E-state index contributed by atoms with van der Waals surface area (Å²) < 4.78 is 39.5. The molecule has 2 aromatic rings. The molecule has 0 bridgehead atoms. The van der Waals surface area contributed by atoms with Crippen molar-refractivity contribution in [3.63, 3.8) is 0 Å². The van der Waals surface area contributed by atoms with Gasteiger partial charge in [0.05, 0.1) is 6.10 Å². The van der Waals surface area contributed by atoms with E-state index in [1.54, 1.807) is 0 Å². The van der Waals surface area contributed by atoms with Gasteiger partial charge in [-0.05, 0) is 42.8 Å². The number of hydrogen-bond acceptors (Lipinski definition) is 2. The van der Waals surface area contributed by atoms with E-state index in [2.05, 4.69) is 0 Å². The predicted octanol–water partition coefficient (Wildman–Crippen LogP) is 4.31. The number of aliphatic hydroxyl groups is 1. The Morgan fingerprint density at radius 3 is 2.11 bits per heavy atom. The van der Waals surface area contributed by atoms with Crippen LogP contribution in [0.2, 0.25) is 0 Å². The fourth-order valence-corrected chi connectivity index (χ4v) is 2.63. The molecule has 1 nitrogen and oxygen atoms in total. The minimum Gasteiger partial charge on any atom is -0.389 e. The molecule has 0 fully saturated rings. The van der Waals surface area contributed by atoms with Gasteiger partial charge in [0.15, 0.2) is 0 Å². The van der Waals surface area contributed by atoms with Crippen LogP contribution in [0, 0.1) is 17.5 Å². The molecule has 0 aliphatic carbocycles. The summed E-state index contributed by atoms with van der Waals surface area (Å²) in [5.41, 5.74) is 0.369. The second-order valence-electron chi connectivity index (χ2n) is 4.03. The molecule has 0 saturated carbocycles. The largest absolute Gasteiger partial charge is 0.389 e. The standard InChI is InChI=1S/C14H11F3OS/c1-8(18)11-6-9(15)2-4-13(11)19-14-5-3-10(16)7-12(14)17/h2-8,18H,1H3/t8-/m1/s1. The Bertz CT molecular complexity index is 599. The van der Waals surface area contributed by atoms with E-state index in [-0.39, 0.29) is 4.90 Å². The molecule has 19 heavy (non-hydrogen) atoms. The molecule has 0 aliphatic rings. The molecular formula is C14H11F3OS. The maximum absolute atomic E-state index is 13.6. The van der Waals surface area contributed by atoms with E-state index in [1.807, 2.05) is 0 Å². The zero-order valence-corrected chi connectivity index (χ0v) is 10.8. The van der Waals surface area contributed by atoms with Crippen LogP contribution >= 0.6 is 11.8 Å². The van der Waals surface area contributed by atoms with Crippen LogP contribution in [0.3, 0.4) is 0 Å². The van der Waals surface area contributed by atoms with E-state index >= 15 is 0 Å². The molecule has 0 aliphatic heterocycles. The Hall–Kier alpha value is -1.46. The van der Waals surface area contributed by atoms with Gasteiger partial charge in [-0.1, -0.05) is 11.8 Å². The normalized spacial score (nSPS) is 12.5. The summed E-state index contributed by atoms with van der Waals surface area (Å²) in [6.07, 6.45) is -0.873. The smallest absolute Gasteiger partial charge is 0.140 e. The summed E-state index contributed by atoms with van der Waals surface area (Å²) in [5.74, 6) is -1.82. The highest BCUT2D eigenvalue weighted by Gasteiger charge is 2.13. The summed E-state index contributed by atoms with van der Waals surface area (Å²) in [6.45, 7) is 1.50. The van der Waals surface area contributed by atoms with Gasteiger partial charge in [0.25, 0.3) is 0 Å². The van der Waals surface area contributed by atoms with E-state index in [4.69, 9.17) is 0 Å². The Morgan fingerprint density at radius 1 is 0.947 bits per heavy atom. The van der Waals surface area contributed by atoms with Gasteiger partial charge in [-0.2, -0.15) is 0 Å². The fourth-order valence-electron chi connectivity index (χ4n) is 1.62. The third-order valence-corrected chi connectivity index (χ3v) is 3.68. The van der Waals surface area contributed by atoms with Gasteiger partial charge >= 0.3 is 0 Å². The molecule has 0 spiro atoms. The lowest BCUT2D eigenvalue weighted by molar-refractivity contribution is 0.196.